The third-order valence-electron chi connectivity index (χ3n) is 2.05. The lowest BCUT2D eigenvalue weighted by molar-refractivity contribution is 0.0112. The van der Waals surface area contributed by atoms with Crippen LogP contribution in [0.3, 0.4) is 0 Å². The van der Waals surface area contributed by atoms with E-state index in [4.69, 9.17) is 10.5 Å². The highest BCUT2D eigenvalue weighted by Crippen LogP contribution is 2.13. The maximum atomic E-state index is 5.42. The number of rotatable bonds is 4. The summed E-state index contributed by atoms with van der Waals surface area (Å²) in [5.41, 5.74) is 5.30. The number of anilines is 1. The first-order valence-electron chi connectivity index (χ1n) is 4.24. The third-order valence-corrected chi connectivity index (χ3v) is 2.05. The number of nitrogens with two attached hydrogens (primary N) is 1. The lowest BCUT2D eigenvalue weighted by Gasteiger charge is -2.22. The molecule has 5 heteroatoms. The monoisotopic (exact) mass is 184 g/mol. The van der Waals surface area contributed by atoms with Crippen molar-refractivity contribution in [3.05, 3.63) is 6.20 Å². The Labute approximate surface area is 77.9 Å². The summed E-state index contributed by atoms with van der Waals surface area (Å²) in [5, 5.41) is 7.53. The Morgan fingerprint density at radius 1 is 1.62 bits per heavy atom. The predicted octanol–water partition coefficient (Wildman–Crippen LogP) is 0.675. The molecule has 1 heterocycles. The molecule has 0 unspecified atom stereocenters. The third kappa shape index (κ3) is 3.02. The van der Waals surface area contributed by atoms with E-state index in [2.05, 4.69) is 10.3 Å². The van der Waals surface area contributed by atoms with E-state index in [9.17, 15) is 0 Å². The number of nitrogen functional groups attached to an aromatic ring is 1. The van der Waals surface area contributed by atoms with Gasteiger partial charge in [-0.15, -0.1) is 5.10 Å². The number of hydrogen-bond acceptors (Lipinski definition) is 4. The predicted molar refractivity (Wildman–Crippen MR) is 50.1 cm³/mol. The van der Waals surface area contributed by atoms with Gasteiger partial charge >= 0.3 is 0 Å². The fraction of sp³-hybridized carbons (Fsp3) is 0.750. The molecule has 1 rings (SSSR count). The van der Waals surface area contributed by atoms with Gasteiger partial charge < -0.3 is 10.5 Å². The summed E-state index contributed by atoms with van der Waals surface area (Å²) in [7, 11) is 1.70. The quantitative estimate of drug-likeness (QED) is 0.747. The second-order valence-electron chi connectivity index (χ2n) is 3.62. The minimum atomic E-state index is -0.124. The van der Waals surface area contributed by atoms with Gasteiger partial charge in [0.2, 0.25) is 0 Å². The Hall–Kier alpha value is -1.10. The SMILES string of the molecule is COC(C)(C)CCn1cc(N)nn1. The van der Waals surface area contributed by atoms with E-state index < -0.39 is 0 Å². The molecule has 0 aliphatic carbocycles. The number of hydrogen-bond donors (Lipinski definition) is 1. The second-order valence-corrected chi connectivity index (χ2v) is 3.62. The molecule has 0 amide bonds. The smallest absolute Gasteiger partial charge is 0.165 e. The lowest BCUT2D eigenvalue weighted by atomic mass is 10.1. The molecule has 74 valence electrons. The molecule has 0 fully saturated rings. The molecule has 1 aromatic heterocycles. The second kappa shape index (κ2) is 3.74. The van der Waals surface area contributed by atoms with Gasteiger partial charge in [0.1, 0.15) is 0 Å². The van der Waals surface area contributed by atoms with Crippen LogP contribution in [0.2, 0.25) is 0 Å². The van der Waals surface area contributed by atoms with E-state index in [1.165, 1.54) is 0 Å². The molecule has 0 spiro atoms. The molecule has 0 aliphatic rings. The van der Waals surface area contributed by atoms with Crippen molar-refractivity contribution in [3.63, 3.8) is 0 Å². The van der Waals surface area contributed by atoms with E-state index in [-0.39, 0.29) is 5.60 Å². The van der Waals surface area contributed by atoms with Crippen LogP contribution in [-0.2, 0) is 11.3 Å². The van der Waals surface area contributed by atoms with Crippen molar-refractivity contribution in [2.45, 2.75) is 32.4 Å². The zero-order chi connectivity index (χ0) is 9.90. The van der Waals surface area contributed by atoms with E-state index in [0.717, 1.165) is 13.0 Å². The molecule has 0 bridgehead atoms. The number of aromatic nitrogens is 3. The molecule has 2 N–H and O–H groups in total. The normalized spacial score (nSPS) is 11.9. The van der Waals surface area contributed by atoms with Crippen LogP contribution in [0, 0.1) is 0 Å². The Morgan fingerprint density at radius 2 is 2.31 bits per heavy atom. The standard InChI is InChI=1S/C8H16N4O/c1-8(2,13-3)4-5-12-6-7(9)10-11-12/h6H,4-5,9H2,1-3H3. The van der Waals surface area contributed by atoms with Gasteiger partial charge in [-0.25, -0.2) is 0 Å². The number of nitrogens with zero attached hydrogens (tertiary/aromatic N) is 3. The van der Waals surface area contributed by atoms with Crippen molar-refractivity contribution in [1.82, 2.24) is 15.0 Å². The first kappa shape index (κ1) is 9.98. The Morgan fingerprint density at radius 3 is 2.77 bits per heavy atom. The highest BCUT2D eigenvalue weighted by molar-refractivity contribution is 5.19. The zero-order valence-corrected chi connectivity index (χ0v) is 8.32. The molecule has 0 saturated heterocycles. The minimum absolute atomic E-state index is 0.124. The summed E-state index contributed by atoms with van der Waals surface area (Å²) in [6, 6.07) is 0. The lowest BCUT2D eigenvalue weighted by Crippen LogP contribution is -2.24. The molecule has 0 saturated carbocycles. The van der Waals surface area contributed by atoms with Crippen LogP contribution in [0.15, 0.2) is 6.20 Å². The Balaban J connectivity index is 2.43. The van der Waals surface area contributed by atoms with Crippen molar-refractivity contribution >= 4 is 5.82 Å². The average Bonchev–Trinajstić information content (AvgIpc) is 2.48. The largest absolute Gasteiger partial charge is 0.381 e. The van der Waals surface area contributed by atoms with Gasteiger partial charge in [0, 0.05) is 13.7 Å². The van der Waals surface area contributed by atoms with E-state index >= 15 is 0 Å². The van der Waals surface area contributed by atoms with Crippen molar-refractivity contribution in [2.75, 3.05) is 12.8 Å². The molecule has 0 aliphatic heterocycles. The zero-order valence-electron chi connectivity index (χ0n) is 8.32. The highest BCUT2D eigenvalue weighted by atomic mass is 16.5. The van der Waals surface area contributed by atoms with Gasteiger partial charge in [0.25, 0.3) is 0 Å². The summed E-state index contributed by atoms with van der Waals surface area (Å²) < 4.78 is 6.99. The summed E-state index contributed by atoms with van der Waals surface area (Å²) >= 11 is 0. The molecule has 0 atom stereocenters. The van der Waals surface area contributed by atoms with Gasteiger partial charge in [0.15, 0.2) is 5.82 Å². The summed E-state index contributed by atoms with van der Waals surface area (Å²) in [6.07, 6.45) is 2.60. The Kier molecular flexibility index (Phi) is 2.87. The van der Waals surface area contributed by atoms with Crippen molar-refractivity contribution in [3.8, 4) is 0 Å². The van der Waals surface area contributed by atoms with Gasteiger partial charge in [-0.2, -0.15) is 0 Å². The van der Waals surface area contributed by atoms with Gasteiger partial charge in [-0.05, 0) is 20.3 Å². The van der Waals surface area contributed by atoms with Crippen LogP contribution in [-0.4, -0.2) is 27.7 Å². The molecule has 0 aromatic carbocycles. The van der Waals surface area contributed by atoms with Gasteiger partial charge in [-0.1, -0.05) is 5.21 Å². The number of methoxy groups -OCH3 is 1. The maximum Gasteiger partial charge on any atom is 0.165 e. The van der Waals surface area contributed by atoms with Crippen LogP contribution >= 0.6 is 0 Å². The van der Waals surface area contributed by atoms with Crippen LogP contribution in [0.1, 0.15) is 20.3 Å². The van der Waals surface area contributed by atoms with E-state index in [1.54, 1.807) is 18.0 Å². The molecule has 0 radical (unpaired) electrons. The highest BCUT2D eigenvalue weighted by Gasteiger charge is 2.16. The number of ether oxygens (including phenoxy) is 1. The van der Waals surface area contributed by atoms with Crippen molar-refractivity contribution < 1.29 is 4.74 Å². The Bertz CT molecular complexity index is 269. The van der Waals surface area contributed by atoms with Crippen LogP contribution < -0.4 is 5.73 Å². The molecular formula is C8H16N4O. The van der Waals surface area contributed by atoms with Crippen molar-refractivity contribution in [1.29, 1.82) is 0 Å². The molecule has 13 heavy (non-hydrogen) atoms. The van der Waals surface area contributed by atoms with E-state index in [0.29, 0.717) is 5.82 Å². The minimum Gasteiger partial charge on any atom is -0.381 e. The van der Waals surface area contributed by atoms with Gasteiger partial charge in [-0.3, -0.25) is 4.68 Å². The summed E-state index contributed by atoms with van der Waals surface area (Å²) in [4.78, 5) is 0. The molecule has 5 nitrogen and oxygen atoms in total. The molecular weight excluding hydrogens is 168 g/mol. The maximum absolute atomic E-state index is 5.42. The van der Waals surface area contributed by atoms with Crippen molar-refractivity contribution in [2.24, 2.45) is 0 Å². The molecule has 1 aromatic rings. The van der Waals surface area contributed by atoms with Crippen LogP contribution in [0.25, 0.3) is 0 Å². The number of aryl methyl sites for hydroxylation is 1. The van der Waals surface area contributed by atoms with E-state index in [1.807, 2.05) is 13.8 Å². The summed E-state index contributed by atoms with van der Waals surface area (Å²) in [6.45, 7) is 4.84. The first-order valence-corrected chi connectivity index (χ1v) is 4.24. The van der Waals surface area contributed by atoms with Gasteiger partial charge in [0.05, 0.1) is 11.8 Å². The van der Waals surface area contributed by atoms with Crippen LogP contribution in [0.5, 0.6) is 0 Å². The summed E-state index contributed by atoms with van der Waals surface area (Å²) in [5.74, 6) is 0.454. The fourth-order valence-electron chi connectivity index (χ4n) is 0.909. The first-order chi connectivity index (χ1) is 6.03. The average molecular weight is 184 g/mol. The topological polar surface area (TPSA) is 66.0 Å². The van der Waals surface area contributed by atoms with Crippen LogP contribution in [0.4, 0.5) is 5.82 Å². The fourth-order valence-corrected chi connectivity index (χ4v) is 0.909.